The number of phenolic OH excluding ortho intramolecular Hbond substituents is 1. The van der Waals surface area contributed by atoms with Crippen molar-refractivity contribution in [3.63, 3.8) is 0 Å². The molecule has 0 saturated carbocycles. The highest BCUT2D eigenvalue weighted by atomic mass is 35.5. The largest absolute Gasteiger partial charge is 0.507 e. The predicted octanol–water partition coefficient (Wildman–Crippen LogP) is 5.66. The number of fused-ring (bicyclic) bond motifs is 3. The van der Waals surface area contributed by atoms with Gasteiger partial charge in [-0.2, -0.15) is 5.10 Å². The van der Waals surface area contributed by atoms with Gasteiger partial charge in [-0.25, -0.2) is 5.01 Å². The third kappa shape index (κ3) is 2.78. The lowest BCUT2D eigenvalue weighted by Gasteiger charge is -2.37. The number of halogens is 1. The van der Waals surface area contributed by atoms with Crippen molar-refractivity contribution in [2.75, 3.05) is 0 Å². The summed E-state index contributed by atoms with van der Waals surface area (Å²) in [5.74, 6) is 1.09. The summed E-state index contributed by atoms with van der Waals surface area (Å²) in [5, 5.41) is 20.0. The van der Waals surface area contributed by atoms with Crippen LogP contribution in [0.25, 0.3) is 0 Å². The van der Waals surface area contributed by atoms with Crippen molar-refractivity contribution in [3.05, 3.63) is 80.5 Å². The average molecular weight is 397 g/mol. The van der Waals surface area contributed by atoms with Gasteiger partial charge in [0.1, 0.15) is 11.5 Å². The topological polar surface area (TPSA) is 45.1 Å². The van der Waals surface area contributed by atoms with E-state index in [0.717, 1.165) is 33.0 Å². The molecule has 0 fully saturated rings. The average Bonchev–Trinajstić information content (AvgIpc) is 3.33. The van der Waals surface area contributed by atoms with Crippen LogP contribution in [0.15, 0.2) is 59.0 Å². The molecule has 136 valence electrons. The molecule has 2 aromatic carbocycles. The summed E-state index contributed by atoms with van der Waals surface area (Å²) in [5.41, 5.74) is 3.75. The summed E-state index contributed by atoms with van der Waals surface area (Å²) in [6.07, 6.45) is 0.406. The van der Waals surface area contributed by atoms with Crippen LogP contribution >= 0.6 is 22.9 Å². The van der Waals surface area contributed by atoms with Crippen LogP contribution in [0.1, 0.15) is 40.3 Å². The maximum Gasteiger partial charge on any atom is 0.222 e. The first-order valence-electron chi connectivity index (χ1n) is 8.75. The van der Waals surface area contributed by atoms with Crippen LogP contribution < -0.4 is 4.74 Å². The fraction of sp³-hybridized carbons (Fsp3) is 0.190. The molecule has 2 atom stereocenters. The molecule has 0 amide bonds. The molecule has 1 aromatic heterocycles. The Balaban J connectivity index is 1.63. The standard InChI is InChI=1S/C21H17ClN2O2S/c1-12-4-6-18(25)14(9-12)16-11-17-15-10-13(22)5-7-19(15)26-21(24(17)23-16)20-3-2-8-27-20/h2-10,17,21,25H,11H2,1H3/t17-,21+/m0/s1. The van der Waals surface area contributed by atoms with Gasteiger partial charge >= 0.3 is 0 Å². The molecule has 0 unspecified atom stereocenters. The van der Waals surface area contributed by atoms with E-state index in [4.69, 9.17) is 21.4 Å². The van der Waals surface area contributed by atoms with Gasteiger partial charge in [0, 0.05) is 22.6 Å². The van der Waals surface area contributed by atoms with Crippen LogP contribution in [0.5, 0.6) is 11.5 Å². The number of rotatable bonds is 2. The molecule has 0 spiro atoms. The van der Waals surface area contributed by atoms with Crippen molar-refractivity contribution in [2.24, 2.45) is 5.10 Å². The number of hydrazone groups is 1. The van der Waals surface area contributed by atoms with E-state index in [-0.39, 0.29) is 18.0 Å². The molecular formula is C21H17ClN2O2S. The maximum atomic E-state index is 10.4. The number of hydrogen-bond acceptors (Lipinski definition) is 5. The van der Waals surface area contributed by atoms with Crippen LogP contribution in [-0.4, -0.2) is 15.8 Å². The van der Waals surface area contributed by atoms with E-state index >= 15 is 0 Å². The Labute approximate surface area is 166 Å². The van der Waals surface area contributed by atoms with Gasteiger partial charge in [0.15, 0.2) is 0 Å². The van der Waals surface area contributed by atoms with E-state index in [1.165, 1.54) is 0 Å². The first-order valence-corrected chi connectivity index (χ1v) is 10.0. The number of thiophene rings is 1. The SMILES string of the molecule is Cc1ccc(O)c(C2=NN3[C@@H](c4cccs4)Oc4ccc(Cl)cc4[C@@H]3C2)c1. The van der Waals surface area contributed by atoms with Gasteiger partial charge in [-0.15, -0.1) is 11.3 Å². The molecule has 5 rings (SSSR count). The van der Waals surface area contributed by atoms with E-state index in [0.29, 0.717) is 11.4 Å². The molecular weight excluding hydrogens is 380 g/mol. The van der Waals surface area contributed by atoms with Crippen LogP contribution in [0.2, 0.25) is 5.02 Å². The lowest BCUT2D eigenvalue weighted by Crippen LogP contribution is -2.33. The Morgan fingerprint density at radius 2 is 2.11 bits per heavy atom. The molecule has 0 aliphatic carbocycles. The van der Waals surface area contributed by atoms with Crippen molar-refractivity contribution >= 4 is 28.6 Å². The summed E-state index contributed by atoms with van der Waals surface area (Å²) in [6.45, 7) is 2.01. The van der Waals surface area contributed by atoms with Crippen molar-refractivity contribution in [1.29, 1.82) is 0 Å². The molecule has 3 aromatic rings. The summed E-state index contributed by atoms with van der Waals surface area (Å²) < 4.78 is 6.29. The smallest absolute Gasteiger partial charge is 0.222 e. The molecule has 2 aliphatic heterocycles. The second-order valence-electron chi connectivity index (χ2n) is 6.84. The Morgan fingerprint density at radius 1 is 1.22 bits per heavy atom. The molecule has 2 aliphatic rings. The number of aryl methyl sites for hydroxylation is 1. The van der Waals surface area contributed by atoms with Gasteiger partial charge in [-0.1, -0.05) is 29.3 Å². The highest BCUT2D eigenvalue weighted by Crippen LogP contribution is 2.49. The van der Waals surface area contributed by atoms with E-state index in [2.05, 4.69) is 6.07 Å². The fourth-order valence-corrected chi connectivity index (χ4v) is 4.65. The molecule has 0 saturated heterocycles. The van der Waals surface area contributed by atoms with E-state index in [9.17, 15) is 5.11 Å². The van der Waals surface area contributed by atoms with Crippen molar-refractivity contribution < 1.29 is 9.84 Å². The van der Waals surface area contributed by atoms with Crippen molar-refractivity contribution in [3.8, 4) is 11.5 Å². The minimum absolute atomic E-state index is 0.0227. The predicted molar refractivity (Wildman–Crippen MR) is 108 cm³/mol. The Hall–Kier alpha value is -2.50. The van der Waals surface area contributed by atoms with Gasteiger partial charge in [0.25, 0.3) is 0 Å². The van der Waals surface area contributed by atoms with E-state index < -0.39 is 0 Å². The summed E-state index contributed by atoms with van der Waals surface area (Å²) in [4.78, 5) is 1.10. The lowest BCUT2D eigenvalue weighted by atomic mass is 9.95. The third-order valence-corrected chi connectivity index (χ3v) is 6.14. The highest BCUT2D eigenvalue weighted by molar-refractivity contribution is 7.10. The number of phenols is 1. The minimum atomic E-state index is -0.284. The zero-order chi connectivity index (χ0) is 18.5. The minimum Gasteiger partial charge on any atom is -0.507 e. The first kappa shape index (κ1) is 16.7. The Kier molecular flexibility index (Phi) is 3.88. The van der Waals surface area contributed by atoms with Crippen LogP contribution in [-0.2, 0) is 0 Å². The molecule has 4 nitrogen and oxygen atoms in total. The van der Waals surface area contributed by atoms with Gasteiger partial charge in [0.05, 0.1) is 16.6 Å². The number of hydrogen-bond donors (Lipinski definition) is 1. The fourth-order valence-electron chi connectivity index (χ4n) is 3.72. The zero-order valence-corrected chi connectivity index (χ0v) is 16.2. The zero-order valence-electron chi connectivity index (χ0n) is 14.6. The number of ether oxygens (including phenoxy) is 1. The normalized spacial score (nSPS) is 20.7. The molecule has 6 heteroatoms. The van der Waals surface area contributed by atoms with Gasteiger partial charge < -0.3 is 9.84 Å². The van der Waals surface area contributed by atoms with E-state index in [1.54, 1.807) is 17.4 Å². The quantitative estimate of drug-likeness (QED) is 0.608. The second kappa shape index (κ2) is 6.29. The van der Waals surface area contributed by atoms with Crippen molar-refractivity contribution in [1.82, 2.24) is 5.01 Å². The summed E-state index contributed by atoms with van der Waals surface area (Å²) in [7, 11) is 0. The Morgan fingerprint density at radius 3 is 2.93 bits per heavy atom. The Bertz CT molecular complexity index is 1050. The molecule has 0 bridgehead atoms. The van der Waals surface area contributed by atoms with Crippen LogP contribution in [0.4, 0.5) is 0 Å². The molecule has 3 heterocycles. The van der Waals surface area contributed by atoms with Crippen LogP contribution in [0.3, 0.4) is 0 Å². The molecule has 27 heavy (non-hydrogen) atoms. The number of nitrogens with zero attached hydrogens (tertiary/aromatic N) is 2. The van der Waals surface area contributed by atoms with Crippen molar-refractivity contribution in [2.45, 2.75) is 25.6 Å². The third-order valence-electron chi connectivity index (χ3n) is 5.00. The summed E-state index contributed by atoms with van der Waals surface area (Å²) >= 11 is 7.90. The number of aromatic hydroxyl groups is 1. The molecule has 1 N–H and O–H groups in total. The van der Waals surface area contributed by atoms with Gasteiger partial charge in [0.2, 0.25) is 6.23 Å². The number of benzene rings is 2. The summed E-state index contributed by atoms with van der Waals surface area (Å²) in [6, 6.07) is 15.4. The van der Waals surface area contributed by atoms with Crippen LogP contribution in [0, 0.1) is 6.92 Å². The van der Waals surface area contributed by atoms with Gasteiger partial charge in [-0.3, -0.25) is 0 Å². The first-order chi connectivity index (χ1) is 13.1. The monoisotopic (exact) mass is 396 g/mol. The lowest BCUT2D eigenvalue weighted by molar-refractivity contribution is -0.0165. The maximum absolute atomic E-state index is 10.4. The molecule has 0 radical (unpaired) electrons. The second-order valence-corrected chi connectivity index (χ2v) is 8.25. The highest BCUT2D eigenvalue weighted by Gasteiger charge is 2.41. The van der Waals surface area contributed by atoms with Gasteiger partial charge in [-0.05, 0) is 48.7 Å². The van der Waals surface area contributed by atoms with E-state index in [1.807, 2.05) is 53.7 Å².